The molecule has 1 heterocycles. The predicted molar refractivity (Wildman–Crippen MR) is 158 cm³/mol. The van der Waals surface area contributed by atoms with Gasteiger partial charge in [-0.15, -0.1) is 0 Å². The zero-order valence-electron chi connectivity index (χ0n) is 26.5. The highest BCUT2D eigenvalue weighted by Crippen LogP contribution is 2.65. The Morgan fingerprint density at radius 1 is 1.11 bits per heavy atom. The van der Waals surface area contributed by atoms with Crippen molar-refractivity contribution in [3.8, 4) is 0 Å². The number of ketones is 1. The SMILES string of the molecule is CC(=O)O[C@H]1C(=O)[C@@]2(C)[C@H]([C@H](OC(=O)c3ccccc3)[C@]3(O)C[C@H](O)C(C)=C1C3(C)C)[C@]1(OC(=O)NCCO)CO[C@@H]1C[C@@H]2C. The molecule has 9 atom stereocenters. The number of fused-ring (bicyclic) bond motifs is 5. The fourth-order valence-corrected chi connectivity index (χ4v) is 8.30. The van der Waals surface area contributed by atoms with Crippen LogP contribution in [0, 0.1) is 22.7 Å². The second-order valence-electron chi connectivity index (χ2n) is 13.6. The second-order valence-corrected chi connectivity index (χ2v) is 13.6. The lowest BCUT2D eigenvalue weighted by Gasteiger charge is -2.67. The Bertz CT molecular complexity index is 1410. The zero-order valence-corrected chi connectivity index (χ0v) is 26.5. The van der Waals surface area contributed by atoms with Gasteiger partial charge in [0.25, 0.3) is 0 Å². The minimum Gasteiger partial charge on any atom is -0.455 e. The first-order chi connectivity index (χ1) is 21.1. The van der Waals surface area contributed by atoms with Gasteiger partial charge in [0.05, 0.1) is 30.8 Å². The van der Waals surface area contributed by atoms with E-state index in [-0.39, 0.29) is 43.7 Å². The summed E-state index contributed by atoms with van der Waals surface area (Å²) in [5.74, 6) is -3.76. The normalized spacial score (nSPS) is 38.4. The van der Waals surface area contributed by atoms with Crippen molar-refractivity contribution in [1.29, 1.82) is 0 Å². The first kappa shape index (κ1) is 33.1. The number of amides is 1. The lowest BCUT2D eigenvalue weighted by Crippen LogP contribution is -2.81. The van der Waals surface area contributed by atoms with Crippen LogP contribution in [0.4, 0.5) is 4.79 Å². The maximum absolute atomic E-state index is 15.1. The first-order valence-corrected chi connectivity index (χ1v) is 15.3. The van der Waals surface area contributed by atoms with Gasteiger partial charge in [0.15, 0.2) is 17.5 Å². The number of carbonyl (C=O) groups is 4. The number of ether oxygens (including phenoxy) is 4. The number of aliphatic hydroxyl groups is 3. The maximum Gasteiger partial charge on any atom is 0.407 e. The van der Waals surface area contributed by atoms with E-state index in [0.717, 1.165) is 0 Å². The van der Waals surface area contributed by atoms with Crippen LogP contribution in [0.1, 0.15) is 64.7 Å². The highest BCUT2D eigenvalue weighted by Gasteiger charge is 2.77. The lowest BCUT2D eigenvalue weighted by atomic mass is 9.43. The minimum atomic E-state index is -2.06. The average Bonchev–Trinajstić information content (AvgIpc) is 2.98. The average molecular weight is 630 g/mol. The van der Waals surface area contributed by atoms with Crippen LogP contribution in [0.3, 0.4) is 0 Å². The summed E-state index contributed by atoms with van der Waals surface area (Å²) in [5.41, 5.74) is -5.76. The van der Waals surface area contributed by atoms with Crippen LogP contribution in [0.5, 0.6) is 0 Å². The molecule has 0 unspecified atom stereocenters. The number of rotatable bonds is 6. The van der Waals surface area contributed by atoms with Crippen LogP contribution in [0.25, 0.3) is 0 Å². The molecule has 12 heteroatoms. The fourth-order valence-electron chi connectivity index (χ4n) is 8.30. The first-order valence-electron chi connectivity index (χ1n) is 15.3. The summed E-state index contributed by atoms with van der Waals surface area (Å²) in [5, 5.41) is 36.2. The van der Waals surface area contributed by atoms with Crippen LogP contribution < -0.4 is 5.32 Å². The summed E-state index contributed by atoms with van der Waals surface area (Å²) in [4.78, 5) is 54.6. The molecule has 0 radical (unpaired) electrons. The van der Waals surface area contributed by atoms with E-state index in [2.05, 4.69) is 5.32 Å². The standard InChI is InChI=1S/C33H43NO11/c1-17-14-22-32(16-42-22,45-29(40)34-12-13-35)25-27(44-28(39)20-10-8-7-9-11-20)33(41)15-21(37)18(2)23(30(33,4)5)24(43-19(3)36)26(38)31(17,25)6/h7-11,17,21-22,24-25,27,35,37,41H,12-16H2,1-6H3,(H,34,40)/t17-,21-,22+,24+,25-,27-,31+,32-,33+/m0/s1. The Morgan fingerprint density at radius 3 is 2.36 bits per heavy atom. The molecule has 1 aliphatic heterocycles. The van der Waals surface area contributed by atoms with Crippen LogP contribution >= 0.6 is 0 Å². The number of hydrogen-bond acceptors (Lipinski definition) is 11. The van der Waals surface area contributed by atoms with Crippen LogP contribution in [0.2, 0.25) is 0 Å². The second kappa shape index (κ2) is 11.5. The van der Waals surface area contributed by atoms with Crippen molar-refractivity contribution in [2.24, 2.45) is 22.7 Å². The van der Waals surface area contributed by atoms with Gasteiger partial charge in [-0.25, -0.2) is 9.59 Å². The minimum absolute atomic E-state index is 0.102. The highest BCUT2D eigenvalue weighted by molar-refractivity contribution is 5.95. The third-order valence-electron chi connectivity index (χ3n) is 11.0. The zero-order chi connectivity index (χ0) is 33.1. The van der Waals surface area contributed by atoms with Gasteiger partial charge >= 0.3 is 18.0 Å². The van der Waals surface area contributed by atoms with Gasteiger partial charge in [0.2, 0.25) is 0 Å². The molecule has 1 saturated heterocycles. The largest absolute Gasteiger partial charge is 0.455 e. The van der Waals surface area contributed by atoms with Crippen molar-refractivity contribution in [3.05, 3.63) is 47.0 Å². The summed E-state index contributed by atoms with van der Waals surface area (Å²) in [6.45, 7) is 9.00. The van der Waals surface area contributed by atoms with Crippen LogP contribution in [-0.4, -0.2) is 94.5 Å². The van der Waals surface area contributed by atoms with E-state index in [1.54, 1.807) is 58.0 Å². The summed E-state index contributed by atoms with van der Waals surface area (Å²) in [6, 6.07) is 8.17. The van der Waals surface area contributed by atoms with E-state index < -0.39 is 82.1 Å². The highest BCUT2D eigenvalue weighted by atomic mass is 16.6. The molecule has 2 bridgehead atoms. The van der Waals surface area contributed by atoms with Crippen molar-refractivity contribution in [1.82, 2.24) is 5.32 Å². The fraction of sp³-hybridized carbons (Fsp3) is 0.636. The van der Waals surface area contributed by atoms with Gasteiger partial charge in [0, 0.05) is 30.7 Å². The van der Waals surface area contributed by atoms with Crippen molar-refractivity contribution in [2.75, 3.05) is 19.8 Å². The van der Waals surface area contributed by atoms with Gasteiger partial charge in [-0.05, 0) is 42.5 Å². The van der Waals surface area contributed by atoms with E-state index in [1.807, 2.05) is 6.92 Å². The van der Waals surface area contributed by atoms with Crippen LogP contribution in [-0.2, 0) is 28.5 Å². The molecule has 1 amide bonds. The summed E-state index contributed by atoms with van der Waals surface area (Å²) >= 11 is 0. The summed E-state index contributed by atoms with van der Waals surface area (Å²) in [6.07, 6.45) is -5.95. The number of hydrogen-bond donors (Lipinski definition) is 4. The van der Waals surface area contributed by atoms with Gasteiger partial charge in [0.1, 0.15) is 17.8 Å². The number of carbonyl (C=O) groups excluding carboxylic acids is 4. The number of nitrogens with one attached hydrogen (secondary N) is 1. The summed E-state index contributed by atoms with van der Waals surface area (Å²) < 4.78 is 24.1. The van der Waals surface area contributed by atoms with Crippen molar-refractivity contribution >= 4 is 23.8 Å². The Kier molecular flexibility index (Phi) is 8.44. The molecule has 3 fully saturated rings. The Labute approximate surface area is 262 Å². The Morgan fingerprint density at radius 2 is 1.78 bits per heavy atom. The molecule has 1 aromatic rings. The third kappa shape index (κ3) is 4.88. The molecule has 2 saturated carbocycles. The quantitative estimate of drug-likeness (QED) is 0.206. The van der Waals surface area contributed by atoms with Gasteiger partial charge < -0.3 is 39.6 Å². The third-order valence-corrected chi connectivity index (χ3v) is 11.0. The van der Waals surface area contributed by atoms with Gasteiger partial charge in [-0.1, -0.05) is 45.9 Å². The van der Waals surface area contributed by atoms with E-state index >= 15 is 4.79 Å². The van der Waals surface area contributed by atoms with E-state index in [1.165, 1.54) is 6.92 Å². The Hall–Kier alpha value is -3.32. The Balaban J connectivity index is 1.81. The number of benzene rings is 1. The van der Waals surface area contributed by atoms with Gasteiger partial charge in [-0.2, -0.15) is 0 Å². The number of aliphatic hydroxyl groups excluding tert-OH is 2. The molecule has 0 aromatic heterocycles. The number of alkyl carbamates (subject to hydrolysis) is 1. The molecule has 1 aromatic carbocycles. The molecular weight excluding hydrogens is 586 g/mol. The molecule has 3 aliphatic carbocycles. The van der Waals surface area contributed by atoms with E-state index in [4.69, 9.17) is 18.9 Å². The van der Waals surface area contributed by atoms with E-state index in [9.17, 15) is 29.7 Å². The molecule has 4 aliphatic rings. The van der Waals surface area contributed by atoms with Crippen molar-refractivity contribution in [3.63, 3.8) is 0 Å². The predicted octanol–water partition coefficient (Wildman–Crippen LogP) is 2.08. The topological polar surface area (TPSA) is 178 Å². The van der Waals surface area contributed by atoms with E-state index in [0.29, 0.717) is 5.57 Å². The molecular formula is C33H43NO11. The summed E-state index contributed by atoms with van der Waals surface area (Å²) in [7, 11) is 0. The molecule has 4 N–H and O–H groups in total. The molecule has 45 heavy (non-hydrogen) atoms. The van der Waals surface area contributed by atoms with Crippen molar-refractivity contribution < 1.29 is 53.4 Å². The van der Waals surface area contributed by atoms with Gasteiger partial charge in [-0.3, -0.25) is 9.59 Å². The monoisotopic (exact) mass is 629 g/mol. The molecule has 0 spiro atoms. The molecule has 12 nitrogen and oxygen atoms in total. The molecule has 5 rings (SSSR count). The van der Waals surface area contributed by atoms with Crippen molar-refractivity contribution in [2.45, 2.75) is 90.0 Å². The molecule has 246 valence electrons. The number of esters is 2. The van der Waals surface area contributed by atoms with Crippen LogP contribution in [0.15, 0.2) is 41.5 Å². The lowest BCUT2D eigenvalue weighted by molar-refractivity contribution is -0.335. The number of Topliss-reactive ketones (excluding diaryl/α,β-unsaturated/α-hetero) is 1. The smallest absolute Gasteiger partial charge is 0.407 e. The maximum atomic E-state index is 15.1.